The van der Waals surface area contributed by atoms with Crippen LogP contribution in [0.1, 0.15) is 43.9 Å². The van der Waals surface area contributed by atoms with E-state index in [-0.39, 0.29) is 11.2 Å². The Kier molecular flexibility index (Phi) is 3.38. The molecule has 0 amide bonds. The van der Waals surface area contributed by atoms with Crippen molar-refractivity contribution in [3.8, 4) is 11.3 Å². The van der Waals surface area contributed by atoms with E-state index in [2.05, 4.69) is 49.0 Å². The van der Waals surface area contributed by atoms with Gasteiger partial charge in [-0.3, -0.25) is 4.68 Å². The Morgan fingerprint density at radius 2 is 1.88 bits per heavy atom. The largest absolute Gasteiger partial charge is 0.348 e. The van der Waals surface area contributed by atoms with E-state index in [1.807, 2.05) is 0 Å². The molecule has 4 heteroatoms. The Balaban J connectivity index is 1.56. The maximum absolute atomic E-state index is 6.01. The summed E-state index contributed by atoms with van der Waals surface area (Å²) in [6, 6.07) is 10.7. The lowest BCUT2D eigenvalue weighted by Crippen LogP contribution is -2.49. The fourth-order valence-corrected chi connectivity index (χ4v) is 5.39. The summed E-state index contributed by atoms with van der Waals surface area (Å²) in [5.74, 6) is 0.281. The van der Waals surface area contributed by atoms with Crippen molar-refractivity contribution in [1.82, 2.24) is 9.78 Å². The Morgan fingerprint density at radius 3 is 2.64 bits per heavy atom. The van der Waals surface area contributed by atoms with Crippen LogP contribution in [0.25, 0.3) is 11.3 Å². The molecule has 0 radical (unpaired) electrons. The molecule has 3 aliphatic rings. The monoisotopic (exact) mass is 338 g/mol. The molecule has 2 fully saturated rings. The highest BCUT2D eigenvalue weighted by Gasteiger charge is 2.53. The summed E-state index contributed by atoms with van der Waals surface area (Å²) in [6.07, 6.45) is 5.39. The van der Waals surface area contributed by atoms with Gasteiger partial charge < -0.3 is 9.47 Å². The highest BCUT2D eigenvalue weighted by Crippen LogP contribution is 2.54. The summed E-state index contributed by atoms with van der Waals surface area (Å²) in [4.78, 5) is 0. The average Bonchev–Trinajstić information content (AvgIpc) is 3.21. The van der Waals surface area contributed by atoms with Crippen LogP contribution in [-0.2, 0) is 28.4 Å². The van der Waals surface area contributed by atoms with Crippen molar-refractivity contribution in [2.75, 3.05) is 13.2 Å². The smallest absolute Gasteiger partial charge is 0.168 e. The summed E-state index contributed by atoms with van der Waals surface area (Å²) in [6.45, 7) is 3.91. The zero-order valence-corrected chi connectivity index (χ0v) is 15.1. The van der Waals surface area contributed by atoms with Gasteiger partial charge in [-0.15, -0.1) is 0 Å². The van der Waals surface area contributed by atoms with Gasteiger partial charge >= 0.3 is 0 Å². The molecule has 25 heavy (non-hydrogen) atoms. The minimum Gasteiger partial charge on any atom is -0.348 e. The number of hydrogen-bond donors (Lipinski definition) is 0. The van der Waals surface area contributed by atoms with Gasteiger partial charge in [0.25, 0.3) is 0 Å². The molecule has 0 bridgehead atoms. The molecule has 2 heterocycles. The van der Waals surface area contributed by atoms with Crippen molar-refractivity contribution >= 4 is 0 Å². The highest BCUT2D eigenvalue weighted by molar-refractivity contribution is 5.66. The van der Waals surface area contributed by atoms with Crippen LogP contribution in [0.3, 0.4) is 0 Å². The summed E-state index contributed by atoms with van der Waals surface area (Å²) >= 11 is 0. The lowest BCUT2D eigenvalue weighted by atomic mass is 9.58. The van der Waals surface area contributed by atoms with E-state index >= 15 is 0 Å². The molecular weight excluding hydrogens is 312 g/mol. The van der Waals surface area contributed by atoms with E-state index in [0.717, 1.165) is 38.9 Å². The topological polar surface area (TPSA) is 36.3 Å². The minimum atomic E-state index is -0.307. The minimum absolute atomic E-state index is 0.138. The van der Waals surface area contributed by atoms with Crippen molar-refractivity contribution in [2.45, 2.75) is 50.2 Å². The van der Waals surface area contributed by atoms with E-state index in [1.165, 1.54) is 28.9 Å². The molecule has 2 aliphatic carbocycles. The Labute approximate surface area is 149 Å². The van der Waals surface area contributed by atoms with Gasteiger partial charge in [0, 0.05) is 36.4 Å². The lowest BCUT2D eigenvalue weighted by Gasteiger charge is -2.49. The average molecular weight is 338 g/mol. The third-order valence-electron chi connectivity index (χ3n) is 6.77. The summed E-state index contributed by atoms with van der Waals surface area (Å²) in [7, 11) is 2.09. The normalized spacial score (nSPS) is 30.2. The van der Waals surface area contributed by atoms with Gasteiger partial charge in [0.2, 0.25) is 0 Å². The summed E-state index contributed by atoms with van der Waals surface area (Å²) in [5.41, 5.74) is 5.48. The van der Waals surface area contributed by atoms with Crippen LogP contribution in [0.2, 0.25) is 0 Å². The van der Waals surface area contributed by atoms with Gasteiger partial charge in [0.05, 0.1) is 24.6 Å². The van der Waals surface area contributed by atoms with Crippen molar-refractivity contribution in [3.05, 3.63) is 41.6 Å². The molecule has 1 aromatic carbocycles. The first-order chi connectivity index (χ1) is 12.1. The van der Waals surface area contributed by atoms with Gasteiger partial charge in [-0.1, -0.05) is 37.3 Å². The van der Waals surface area contributed by atoms with Crippen LogP contribution >= 0.6 is 0 Å². The second kappa shape index (κ2) is 5.42. The van der Waals surface area contributed by atoms with Gasteiger partial charge in [0.15, 0.2) is 5.79 Å². The van der Waals surface area contributed by atoms with Crippen LogP contribution in [0.5, 0.6) is 0 Å². The van der Waals surface area contributed by atoms with Gasteiger partial charge in [0.1, 0.15) is 0 Å². The molecule has 2 aromatic rings. The van der Waals surface area contributed by atoms with Crippen molar-refractivity contribution < 1.29 is 9.47 Å². The van der Waals surface area contributed by atoms with Crippen LogP contribution in [0.4, 0.5) is 0 Å². The van der Waals surface area contributed by atoms with E-state index in [9.17, 15) is 0 Å². The molecule has 1 aromatic heterocycles. The second-order valence-corrected chi connectivity index (χ2v) is 8.13. The quantitative estimate of drug-likeness (QED) is 0.793. The number of rotatable bonds is 1. The molecule has 0 unspecified atom stereocenters. The summed E-state index contributed by atoms with van der Waals surface area (Å²) < 4.78 is 14.1. The SMILES string of the molecule is Cn1nc2c(c1-c1ccccc1)CC[C@H]1CC3(CC[C@]21C)OCCO3. The molecule has 2 atom stereocenters. The second-order valence-electron chi connectivity index (χ2n) is 8.13. The molecule has 5 rings (SSSR count). The van der Waals surface area contributed by atoms with Gasteiger partial charge in [-0.05, 0) is 25.2 Å². The Morgan fingerprint density at radius 1 is 1.12 bits per heavy atom. The first kappa shape index (κ1) is 15.6. The standard InChI is InChI=1S/C21H26N2O2/c1-20-10-11-21(24-12-13-25-21)14-16(20)8-9-17-18(23(2)22-19(17)20)15-6-4-3-5-7-15/h3-7,16H,8-14H2,1-2H3/t16-,20-/m0/s1. The third kappa shape index (κ3) is 2.24. The first-order valence-electron chi connectivity index (χ1n) is 9.51. The molecule has 1 saturated carbocycles. The molecule has 132 valence electrons. The maximum atomic E-state index is 6.01. The fourth-order valence-electron chi connectivity index (χ4n) is 5.39. The van der Waals surface area contributed by atoms with Crippen molar-refractivity contribution in [1.29, 1.82) is 0 Å². The van der Waals surface area contributed by atoms with E-state index < -0.39 is 0 Å². The number of ether oxygens (including phenoxy) is 2. The number of fused-ring (bicyclic) bond motifs is 3. The number of hydrogen-bond acceptors (Lipinski definition) is 3. The molecular formula is C21H26N2O2. The van der Waals surface area contributed by atoms with Crippen LogP contribution in [0.15, 0.2) is 30.3 Å². The first-order valence-corrected chi connectivity index (χ1v) is 9.51. The molecule has 1 spiro atoms. The molecule has 1 saturated heterocycles. The maximum Gasteiger partial charge on any atom is 0.168 e. The fraction of sp³-hybridized carbons (Fsp3) is 0.571. The number of aryl methyl sites for hydroxylation is 1. The van der Waals surface area contributed by atoms with Crippen LogP contribution in [0, 0.1) is 5.92 Å². The molecule has 0 N–H and O–H groups in total. The van der Waals surface area contributed by atoms with E-state index in [1.54, 1.807) is 0 Å². The van der Waals surface area contributed by atoms with E-state index in [0.29, 0.717) is 5.92 Å². The summed E-state index contributed by atoms with van der Waals surface area (Å²) in [5, 5.41) is 5.03. The number of benzene rings is 1. The predicted octanol–water partition coefficient (Wildman–Crippen LogP) is 3.83. The lowest BCUT2D eigenvalue weighted by molar-refractivity contribution is -0.199. The van der Waals surface area contributed by atoms with Gasteiger partial charge in [-0.2, -0.15) is 5.10 Å². The van der Waals surface area contributed by atoms with E-state index in [4.69, 9.17) is 14.6 Å². The number of aromatic nitrogens is 2. The Bertz CT molecular complexity index is 792. The van der Waals surface area contributed by atoms with Crippen LogP contribution < -0.4 is 0 Å². The van der Waals surface area contributed by atoms with Crippen molar-refractivity contribution in [2.24, 2.45) is 13.0 Å². The third-order valence-corrected chi connectivity index (χ3v) is 6.77. The van der Waals surface area contributed by atoms with Crippen LogP contribution in [-0.4, -0.2) is 28.8 Å². The predicted molar refractivity (Wildman–Crippen MR) is 96.3 cm³/mol. The molecule has 4 nitrogen and oxygen atoms in total. The highest BCUT2D eigenvalue weighted by atomic mass is 16.7. The van der Waals surface area contributed by atoms with Gasteiger partial charge in [-0.25, -0.2) is 0 Å². The zero-order valence-electron chi connectivity index (χ0n) is 15.1. The number of nitrogens with zero attached hydrogens (tertiary/aromatic N) is 2. The zero-order chi connectivity index (χ0) is 17.1. The Hall–Kier alpha value is -1.65. The molecule has 1 aliphatic heterocycles. The van der Waals surface area contributed by atoms with Crippen molar-refractivity contribution in [3.63, 3.8) is 0 Å².